The molecule has 0 aliphatic carbocycles. The first kappa shape index (κ1) is 26.9. The van der Waals surface area contributed by atoms with Gasteiger partial charge in [0.15, 0.2) is 0 Å². The average Bonchev–Trinajstić information content (AvgIpc) is 3.44. The van der Waals surface area contributed by atoms with Crippen molar-refractivity contribution in [2.45, 2.75) is 13.3 Å². The standard InChI is InChI=1S/C43H32N2/c1-30-18-21-34(32-11-4-2-5-12-32)28-39(30)37-16-10-26-44-41(37)27-31-19-22-33(23-20-31)35-24-25-43-40(29-35)38-15-8-9-17-42(38)45(43)36-13-6-3-7-14-36/h2-26,28-29H,27H2,1H3. The van der Waals surface area contributed by atoms with Crippen LogP contribution in [0.2, 0.25) is 0 Å². The molecule has 0 amide bonds. The van der Waals surface area contributed by atoms with E-state index in [1.165, 1.54) is 72.0 Å². The fourth-order valence-corrected chi connectivity index (χ4v) is 6.56. The van der Waals surface area contributed by atoms with E-state index >= 15 is 0 Å². The summed E-state index contributed by atoms with van der Waals surface area (Å²) in [6.07, 6.45) is 2.68. The van der Waals surface area contributed by atoms with Crippen molar-refractivity contribution in [3.05, 3.63) is 181 Å². The quantitative estimate of drug-likeness (QED) is 0.192. The summed E-state index contributed by atoms with van der Waals surface area (Å²) in [7, 11) is 0. The summed E-state index contributed by atoms with van der Waals surface area (Å²) in [4.78, 5) is 4.86. The number of fused-ring (bicyclic) bond motifs is 3. The van der Waals surface area contributed by atoms with Gasteiger partial charge in [0.1, 0.15) is 0 Å². The summed E-state index contributed by atoms with van der Waals surface area (Å²) in [6, 6.07) is 56.7. The first-order valence-corrected chi connectivity index (χ1v) is 15.5. The van der Waals surface area contributed by atoms with Crippen molar-refractivity contribution < 1.29 is 0 Å². The van der Waals surface area contributed by atoms with Gasteiger partial charge in [-0.2, -0.15) is 0 Å². The van der Waals surface area contributed by atoms with Crippen LogP contribution in [0, 0.1) is 6.92 Å². The van der Waals surface area contributed by atoms with E-state index in [1.807, 2.05) is 12.3 Å². The van der Waals surface area contributed by atoms with E-state index < -0.39 is 0 Å². The molecule has 2 heteroatoms. The molecule has 0 radical (unpaired) electrons. The summed E-state index contributed by atoms with van der Waals surface area (Å²) < 4.78 is 2.36. The van der Waals surface area contributed by atoms with Crippen LogP contribution in [0.25, 0.3) is 60.9 Å². The van der Waals surface area contributed by atoms with Gasteiger partial charge in [-0.25, -0.2) is 0 Å². The lowest BCUT2D eigenvalue weighted by Gasteiger charge is -2.14. The van der Waals surface area contributed by atoms with E-state index in [9.17, 15) is 0 Å². The molecule has 2 aromatic heterocycles. The van der Waals surface area contributed by atoms with Crippen molar-refractivity contribution in [3.8, 4) is 39.1 Å². The highest BCUT2D eigenvalue weighted by atomic mass is 15.0. The molecule has 0 aliphatic rings. The molecule has 0 fully saturated rings. The van der Waals surface area contributed by atoms with Crippen LogP contribution in [0.1, 0.15) is 16.8 Å². The minimum Gasteiger partial charge on any atom is -0.309 e. The summed E-state index contributed by atoms with van der Waals surface area (Å²) in [5.41, 5.74) is 14.5. The number of para-hydroxylation sites is 2. The molecular formula is C43H32N2. The molecule has 0 saturated carbocycles. The molecular weight excluding hydrogens is 544 g/mol. The molecule has 8 aromatic rings. The maximum Gasteiger partial charge on any atom is 0.0541 e. The van der Waals surface area contributed by atoms with Crippen molar-refractivity contribution in [1.82, 2.24) is 9.55 Å². The highest BCUT2D eigenvalue weighted by Gasteiger charge is 2.14. The predicted molar refractivity (Wildman–Crippen MR) is 189 cm³/mol. The van der Waals surface area contributed by atoms with Crippen LogP contribution < -0.4 is 0 Å². The molecule has 2 heterocycles. The zero-order valence-electron chi connectivity index (χ0n) is 25.2. The molecule has 0 spiro atoms. The second-order valence-electron chi connectivity index (χ2n) is 11.7. The van der Waals surface area contributed by atoms with Gasteiger partial charge >= 0.3 is 0 Å². The van der Waals surface area contributed by atoms with Gasteiger partial charge in [-0.15, -0.1) is 0 Å². The minimum atomic E-state index is 0.773. The van der Waals surface area contributed by atoms with Crippen LogP contribution >= 0.6 is 0 Å². The fraction of sp³-hybridized carbons (Fsp3) is 0.0465. The molecule has 0 unspecified atom stereocenters. The second-order valence-corrected chi connectivity index (χ2v) is 11.7. The third kappa shape index (κ3) is 5.01. The Labute approximate surface area is 263 Å². The van der Waals surface area contributed by atoms with Crippen LogP contribution in [0.4, 0.5) is 0 Å². The van der Waals surface area contributed by atoms with Crippen LogP contribution in [-0.4, -0.2) is 9.55 Å². The number of benzene rings is 6. The smallest absolute Gasteiger partial charge is 0.0541 e. The Morgan fingerprint density at radius 2 is 1.13 bits per heavy atom. The lowest BCUT2D eigenvalue weighted by atomic mass is 9.92. The highest BCUT2D eigenvalue weighted by Crippen LogP contribution is 2.36. The van der Waals surface area contributed by atoms with Crippen LogP contribution in [0.3, 0.4) is 0 Å². The molecule has 0 atom stereocenters. The maximum atomic E-state index is 4.86. The molecule has 8 rings (SSSR count). The number of pyridine rings is 1. The fourth-order valence-electron chi connectivity index (χ4n) is 6.56. The van der Waals surface area contributed by atoms with Gasteiger partial charge in [-0.1, -0.05) is 115 Å². The van der Waals surface area contributed by atoms with Gasteiger partial charge in [0.05, 0.1) is 16.7 Å². The number of hydrogen-bond acceptors (Lipinski definition) is 1. The Hall–Kier alpha value is -5.73. The second kappa shape index (κ2) is 11.4. The molecule has 45 heavy (non-hydrogen) atoms. The number of nitrogens with zero attached hydrogens (tertiary/aromatic N) is 2. The molecule has 214 valence electrons. The molecule has 2 nitrogen and oxygen atoms in total. The van der Waals surface area contributed by atoms with Gasteiger partial charge < -0.3 is 4.57 Å². The Morgan fingerprint density at radius 1 is 0.489 bits per heavy atom. The van der Waals surface area contributed by atoms with E-state index in [4.69, 9.17) is 4.98 Å². The van der Waals surface area contributed by atoms with E-state index in [0.717, 1.165) is 12.1 Å². The number of hydrogen-bond donors (Lipinski definition) is 0. The monoisotopic (exact) mass is 576 g/mol. The summed E-state index contributed by atoms with van der Waals surface area (Å²) in [5, 5.41) is 2.53. The lowest BCUT2D eigenvalue weighted by molar-refractivity contribution is 1.08. The zero-order chi connectivity index (χ0) is 30.2. The normalized spacial score (nSPS) is 11.3. The average molecular weight is 577 g/mol. The summed E-state index contributed by atoms with van der Waals surface area (Å²) in [6.45, 7) is 2.18. The van der Waals surface area contributed by atoms with Gasteiger partial charge in [-0.3, -0.25) is 4.98 Å². The minimum absolute atomic E-state index is 0.773. The van der Waals surface area contributed by atoms with Crippen molar-refractivity contribution >= 4 is 21.8 Å². The number of aromatic nitrogens is 2. The van der Waals surface area contributed by atoms with Crippen molar-refractivity contribution in [1.29, 1.82) is 0 Å². The number of rotatable bonds is 6. The van der Waals surface area contributed by atoms with Gasteiger partial charge in [-0.05, 0) is 88.3 Å². The Bertz CT molecular complexity index is 2280. The summed E-state index contributed by atoms with van der Waals surface area (Å²) in [5.74, 6) is 0. The third-order valence-electron chi connectivity index (χ3n) is 8.87. The highest BCUT2D eigenvalue weighted by molar-refractivity contribution is 6.10. The largest absolute Gasteiger partial charge is 0.309 e. The Balaban J connectivity index is 1.12. The van der Waals surface area contributed by atoms with E-state index in [2.05, 4.69) is 163 Å². The first-order chi connectivity index (χ1) is 22.2. The van der Waals surface area contributed by atoms with Crippen molar-refractivity contribution in [2.75, 3.05) is 0 Å². The SMILES string of the molecule is Cc1ccc(-c2ccccc2)cc1-c1cccnc1Cc1ccc(-c2ccc3c(c2)c2ccccc2n3-c2ccccc2)cc1. The zero-order valence-corrected chi connectivity index (χ0v) is 25.2. The summed E-state index contributed by atoms with van der Waals surface area (Å²) >= 11 is 0. The van der Waals surface area contributed by atoms with Crippen LogP contribution in [-0.2, 0) is 6.42 Å². The molecule has 0 saturated heterocycles. The van der Waals surface area contributed by atoms with E-state index in [1.54, 1.807) is 0 Å². The van der Waals surface area contributed by atoms with Gasteiger partial charge in [0.2, 0.25) is 0 Å². The van der Waals surface area contributed by atoms with E-state index in [0.29, 0.717) is 0 Å². The number of aryl methyl sites for hydroxylation is 1. The van der Waals surface area contributed by atoms with Gasteiger partial charge in [0, 0.05) is 34.6 Å². The topological polar surface area (TPSA) is 17.8 Å². The lowest BCUT2D eigenvalue weighted by Crippen LogP contribution is -1.97. The van der Waals surface area contributed by atoms with Crippen LogP contribution in [0.5, 0.6) is 0 Å². The Kier molecular flexibility index (Phi) is 6.81. The van der Waals surface area contributed by atoms with Crippen LogP contribution in [0.15, 0.2) is 164 Å². The molecule has 0 bridgehead atoms. The van der Waals surface area contributed by atoms with Crippen molar-refractivity contribution in [2.24, 2.45) is 0 Å². The van der Waals surface area contributed by atoms with Crippen molar-refractivity contribution in [3.63, 3.8) is 0 Å². The van der Waals surface area contributed by atoms with E-state index in [-0.39, 0.29) is 0 Å². The maximum absolute atomic E-state index is 4.86. The Morgan fingerprint density at radius 3 is 1.96 bits per heavy atom. The predicted octanol–water partition coefficient (Wildman–Crippen LogP) is 11.1. The molecule has 0 aliphatic heterocycles. The first-order valence-electron chi connectivity index (χ1n) is 15.5. The molecule has 6 aromatic carbocycles. The third-order valence-corrected chi connectivity index (χ3v) is 8.87. The molecule has 0 N–H and O–H groups in total. The van der Waals surface area contributed by atoms with Gasteiger partial charge in [0.25, 0.3) is 0 Å².